The lowest BCUT2D eigenvalue weighted by molar-refractivity contribution is -0.116. The van der Waals surface area contributed by atoms with Crippen molar-refractivity contribution in [2.24, 2.45) is 0 Å². The summed E-state index contributed by atoms with van der Waals surface area (Å²) in [6, 6.07) is 7.12. The van der Waals surface area contributed by atoms with Crippen LogP contribution in [0.15, 0.2) is 24.3 Å². The summed E-state index contributed by atoms with van der Waals surface area (Å²) in [7, 11) is 1.47. The molecule has 0 radical (unpaired) electrons. The largest absolute Gasteiger partial charge is 0.369 e. The molecule has 0 spiro atoms. The van der Waals surface area contributed by atoms with E-state index in [0.717, 1.165) is 6.29 Å². The maximum atomic E-state index is 10.5. The van der Waals surface area contributed by atoms with Crippen LogP contribution in [-0.2, 0) is 9.53 Å². The van der Waals surface area contributed by atoms with Crippen LogP contribution >= 0.6 is 11.6 Å². The third kappa shape index (κ3) is 1.84. The molecule has 0 amide bonds. The Morgan fingerprint density at radius 3 is 2.67 bits per heavy atom. The number of carbonyl (C=O) groups excluding carboxylic acids is 1. The van der Waals surface area contributed by atoms with E-state index in [4.69, 9.17) is 16.3 Å². The fourth-order valence-corrected chi connectivity index (χ4v) is 1.20. The zero-order valence-corrected chi connectivity index (χ0v) is 7.41. The van der Waals surface area contributed by atoms with Gasteiger partial charge in [0, 0.05) is 17.7 Å². The normalized spacial score (nSPS) is 12.5. The smallest absolute Gasteiger partial charge is 0.153 e. The molecule has 0 heterocycles. The Balaban J connectivity index is 3.00. The average Bonchev–Trinajstić information content (AvgIpc) is 2.10. The molecule has 0 unspecified atom stereocenters. The van der Waals surface area contributed by atoms with Gasteiger partial charge in [-0.1, -0.05) is 29.8 Å². The van der Waals surface area contributed by atoms with E-state index in [9.17, 15) is 4.79 Å². The van der Waals surface area contributed by atoms with Crippen LogP contribution < -0.4 is 0 Å². The predicted octanol–water partition coefficient (Wildman–Crippen LogP) is 2.23. The van der Waals surface area contributed by atoms with Gasteiger partial charge in [-0.3, -0.25) is 0 Å². The zero-order chi connectivity index (χ0) is 8.97. The van der Waals surface area contributed by atoms with Crippen molar-refractivity contribution in [3.63, 3.8) is 0 Å². The van der Waals surface area contributed by atoms with Crippen molar-refractivity contribution in [3.8, 4) is 0 Å². The predicted molar refractivity (Wildman–Crippen MR) is 47.3 cm³/mol. The molecule has 0 saturated heterocycles. The summed E-state index contributed by atoms with van der Waals surface area (Å²) in [5.41, 5.74) is 0.705. The highest BCUT2D eigenvalue weighted by molar-refractivity contribution is 6.31. The Morgan fingerprint density at radius 2 is 2.17 bits per heavy atom. The van der Waals surface area contributed by atoms with Gasteiger partial charge in [0.1, 0.15) is 6.10 Å². The number of benzene rings is 1. The lowest BCUT2D eigenvalue weighted by Crippen LogP contribution is -2.02. The lowest BCUT2D eigenvalue weighted by atomic mass is 10.1. The van der Waals surface area contributed by atoms with Crippen LogP contribution in [0.4, 0.5) is 0 Å². The fourth-order valence-electron chi connectivity index (χ4n) is 0.962. The standard InChI is InChI=1S/C9H9ClO2/c1-12-9(6-11)7-4-2-3-5-8(7)10/h2-6,9H,1H3/t9-/m1/s1. The van der Waals surface area contributed by atoms with Gasteiger partial charge in [-0.2, -0.15) is 0 Å². The first-order valence-corrected chi connectivity index (χ1v) is 3.90. The van der Waals surface area contributed by atoms with Gasteiger partial charge in [-0.15, -0.1) is 0 Å². The van der Waals surface area contributed by atoms with Crippen molar-refractivity contribution >= 4 is 17.9 Å². The van der Waals surface area contributed by atoms with E-state index in [1.54, 1.807) is 12.1 Å². The summed E-state index contributed by atoms with van der Waals surface area (Å²) in [6.07, 6.45) is 0.167. The molecule has 12 heavy (non-hydrogen) atoms. The summed E-state index contributed by atoms with van der Waals surface area (Å²) in [6.45, 7) is 0. The van der Waals surface area contributed by atoms with Crippen LogP contribution in [0.3, 0.4) is 0 Å². The number of aldehydes is 1. The van der Waals surface area contributed by atoms with E-state index in [-0.39, 0.29) is 0 Å². The average molecular weight is 185 g/mol. The van der Waals surface area contributed by atoms with Crippen molar-refractivity contribution in [2.45, 2.75) is 6.10 Å². The van der Waals surface area contributed by atoms with Crippen molar-refractivity contribution in [1.29, 1.82) is 0 Å². The molecule has 0 aliphatic heterocycles. The Hall–Kier alpha value is -0.860. The SMILES string of the molecule is CO[C@H](C=O)c1ccccc1Cl. The quantitative estimate of drug-likeness (QED) is 0.674. The minimum atomic E-state index is -0.557. The van der Waals surface area contributed by atoms with Gasteiger partial charge in [0.25, 0.3) is 0 Å². The molecule has 64 valence electrons. The number of hydrogen-bond donors (Lipinski definition) is 0. The first kappa shape index (κ1) is 9.23. The molecular formula is C9H9ClO2. The summed E-state index contributed by atoms with van der Waals surface area (Å²) in [5.74, 6) is 0. The van der Waals surface area contributed by atoms with Crippen molar-refractivity contribution in [1.82, 2.24) is 0 Å². The van der Waals surface area contributed by atoms with E-state index in [1.165, 1.54) is 7.11 Å². The molecule has 0 bridgehead atoms. The van der Waals surface area contributed by atoms with Gasteiger partial charge in [0.15, 0.2) is 6.29 Å². The van der Waals surface area contributed by atoms with Crippen LogP contribution in [-0.4, -0.2) is 13.4 Å². The maximum Gasteiger partial charge on any atom is 0.153 e. The van der Waals surface area contributed by atoms with Crippen molar-refractivity contribution in [2.75, 3.05) is 7.11 Å². The number of carbonyl (C=O) groups is 1. The molecule has 1 aromatic carbocycles. The van der Waals surface area contributed by atoms with Crippen LogP contribution in [0.25, 0.3) is 0 Å². The van der Waals surface area contributed by atoms with Gasteiger partial charge in [-0.05, 0) is 6.07 Å². The van der Waals surface area contributed by atoms with Gasteiger partial charge in [0.2, 0.25) is 0 Å². The number of halogens is 1. The van der Waals surface area contributed by atoms with Gasteiger partial charge in [-0.25, -0.2) is 0 Å². The third-order valence-corrected chi connectivity index (χ3v) is 1.93. The van der Waals surface area contributed by atoms with E-state index in [1.807, 2.05) is 12.1 Å². The monoisotopic (exact) mass is 184 g/mol. The van der Waals surface area contributed by atoms with Crippen LogP contribution in [0, 0.1) is 0 Å². The van der Waals surface area contributed by atoms with Crippen molar-refractivity contribution < 1.29 is 9.53 Å². The molecule has 1 rings (SSSR count). The third-order valence-electron chi connectivity index (χ3n) is 1.59. The summed E-state index contributed by atoms with van der Waals surface area (Å²) >= 11 is 5.84. The first-order valence-electron chi connectivity index (χ1n) is 3.52. The van der Waals surface area contributed by atoms with E-state index < -0.39 is 6.10 Å². The highest BCUT2D eigenvalue weighted by Gasteiger charge is 2.11. The molecule has 0 aromatic heterocycles. The fraction of sp³-hybridized carbons (Fsp3) is 0.222. The van der Waals surface area contributed by atoms with Gasteiger partial charge >= 0.3 is 0 Å². The number of hydrogen-bond acceptors (Lipinski definition) is 2. The molecule has 0 N–H and O–H groups in total. The van der Waals surface area contributed by atoms with Crippen LogP contribution in [0.5, 0.6) is 0 Å². The molecule has 3 heteroatoms. The van der Waals surface area contributed by atoms with E-state index in [0.29, 0.717) is 10.6 Å². The lowest BCUT2D eigenvalue weighted by Gasteiger charge is -2.09. The second kappa shape index (κ2) is 4.24. The number of methoxy groups -OCH3 is 1. The molecular weight excluding hydrogens is 176 g/mol. The molecule has 0 aliphatic carbocycles. The molecule has 0 aliphatic rings. The summed E-state index contributed by atoms with van der Waals surface area (Å²) in [5, 5.41) is 0.552. The maximum absolute atomic E-state index is 10.5. The Kier molecular flexibility index (Phi) is 3.26. The second-order valence-electron chi connectivity index (χ2n) is 2.31. The highest BCUT2D eigenvalue weighted by atomic mass is 35.5. The zero-order valence-electron chi connectivity index (χ0n) is 6.66. The van der Waals surface area contributed by atoms with E-state index >= 15 is 0 Å². The van der Waals surface area contributed by atoms with Crippen LogP contribution in [0.2, 0.25) is 5.02 Å². The Labute approximate surface area is 76.1 Å². The Bertz CT molecular complexity index is 273. The topological polar surface area (TPSA) is 26.3 Å². The summed E-state index contributed by atoms with van der Waals surface area (Å²) in [4.78, 5) is 10.5. The molecule has 0 saturated carbocycles. The minimum Gasteiger partial charge on any atom is -0.369 e. The van der Waals surface area contributed by atoms with Gasteiger partial charge < -0.3 is 9.53 Å². The number of ether oxygens (including phenoxy) is 1. The molecule has 0 fully saturated rings. The highest BCUT2D eigenvalue weighted by Crippen LogP contribution is 2.22. The summed E-state index contributed by atoms with van der Waals surface area (Å²) < 4.78 is 4.91. The first-order chi connectivity index (χ1) is 5.79. The number of rotatable bonds is 3. The molecule has 1 aromatic rings. The molecule has 1 atom stereocenters. The van der Waals surface area contributed by atoms with Crippen LogP contribution in [0.1, 0.15) is 11.7 Å². The van der Waals surface area contributed by atoms with E-state index in [2.05, 4.69) is 0 Å². The Morgan fingerprint density at radius 1 is 1.50 bits per heavy atom. The molecule has 2 nitrogen and oxygen atoms in total. The minimum absolute atomic E-state index is 0.552. The van der Waals surface area contributed by atoms with Gasteiger partial charge in [0.05, 0.1) is 0 Å². The second-order valence-corrected chi connectivity index (χ2v) is 2.72. The van der Waals surface area contributed by atoms with Crippen molar-refractivity contribution in [3.05, 3.63) is 34.9 Å².